The van der Waals surface area contributed by atoms with Crippen molar-refractivity contribution in [3.8, 4) is 0 Å². The molecule has 3 heteroatoms. The molecule has 2 saturated heterocycles. The third-order valence-corrected chi connectivity index (χ3v) is 3.43. The Bertz CT molecular complexity index is 169. The lowest BCUT2D eigenvalue weighted by molar-refractivity contribution is 0.0916. The van der Waals surface area contributed by atoms with Gasteiger partial charge >= 0.3 is 0 Å². The summed E-state index contributed by atoms with van der Waals surface area (Å²) in [6.45, 7) is 7.57. The Hall–Kier alpha value is -0.120. The molecule has 1 N–H and O–H groups in total. The van der Waals surface area contributed by atoms with Crippen molar-refractivity contribution in [3.63, 3.8) is 0 Å². The minimum absolute atomic E-state index is 0.921. The van der Waals surface area contributed by atoms with E-state index in [0.717, 1.165) is 11.8 Å². The van der Waals surface area contributed by atoms with Gasteiger partial charge in [0.05, 0.1) is 0 Å². The molecule has 82 valence electrons. The molecule has 0 amide bonds. The number of hydrogen-bond donors (Lipinski definition) is 1. The first-order valence-electron chi connectivity index (χ1n) is 5.82. The van der Waals surface area contributed by atoms with Crippen molar-refractivity contribution in [3.05, 3.63) is 0 Å². The maximum absolute atomic E-state index is 3.54. The van der Waals surface area contributed by atoms with E-state index in [0.29, 0.717) is 0 Å². The van der Waals surface area contributed by atoms with Crippen LogP contribution in [0.15, 0.2) is 0 Å². The lowest BCUT2D eigenvalue weighted by Crippen LogP contribution is -2.52. The van der Waals surface area contributed by atoms with Crippen LogP contribution in [0.25, 0.3) is 0 Å². The summed E-state index contributed by atoms with van der Waals surface area (Å²) in [5.74, 6) is 1.84. The Morgan fingerprint density at radius 3 is 2.43 bits per heavy atom. The van der Waals surface area contributed by atoms with E-state index in [9.17, 15) is 0 Å². The van der Waals surface area contributed by atoms with Crippen LogP contribution in [-0.4, -0.2) is 63.2 Å². The maximum Gasteiger partial charge on any atom is 0.0109 e. The number of piperidine rings is 2. The first-order chi connectivity index (χ1) is 6.74. The summed E-state index contributed by atoms with van der Waals surface area (Å²) in [5.41, 5.74) is 0. The average molecular weight is 197 g/mol. The van der Waals surface area contributed by atoms with Crippen LogP contribution in [0.2, 0.25) is 0 Å². The Labute approximate surface area is 87.4 Å². The van der Waals surface area contributed by atoms with Crippen LogP contribution >= 0.6 is 0 Å². The van der Waals surface area contributed by atoms with Gasteiger partial charge in [0.1, 0.15) is 0 Å². The first kappa shape index (κ1) is 10.4. The van der Waals surface area contributed by atoms with Gasteiger partial charge in [-0.1, -0.05) is 0 Å². The highest BCUT2D eigenvalue weighted by Crippen LogP contribution is 2.23. The molecule has 0 spiro atoms. The summed E-state index contributed by atoms with van der Waals surface area (Å²) in [6, 6.07) is 0. The van der Waals surface area contributed by atoms with Gasteiger partial charge in [0, 0.05) is 26.2 Å². The topological polar surface area (TPSA) is 18.5 Å². The zero-order valence-corrected chi connectivity index (χ0v) is 9.50. The van der Waals surface area contributed by atoms with Crippen molar-refractivity contribution >= 4 is 0 Å². The normalized spacial score (nSPS) is 33.6. The second-order valence-electron chi connectivity index (χ2n) is 5.19. The molecule has 3 nitrogen and oxygen atoms in total. The highest BCUT2D eigenvalue weighted by Gasteiger charge is 2.29. The van der Waals surface area contributed by atoms with E-state index in [1.807, 2.05) is 0 Å². The number of likely N-dealkylation sites (tertiary alicyclic amines) is 1. The first-order valence-corrected chi connectivity index (χ1v) is 5.82. The van der Waals surface area contributed by atoms with E-state index in [1.54, 1.807) is 0 Å². The van der Waals surface area contributed by atoms with Gasteiger partial charge in [0.2, 0.25) is 0 Å². The van der Waals surface area contributed by atoms with Crippen LogP contribution in [0.1, 0.15) is 6.42 Å². The fraction of sp³-hybridized carbons (Fsp3) is 1.00. The molecule has 2 heterocycles. The molecule has 0 aliphatic carbocycles. The molecule has 14 heavy (non-hydrogen) atoms. The number of fused-ring (bicyclic) bond motifs is 2. The molecule has 0 saturated carbocycles. The number of hydrogen-bond acceptors (Lipinski definition) is 3. The van der Waals surface area contributed by atoms with Crippen LogP contribution in [-0.2, 0) is 0 Å². The van der Waals surface area contributed by atoms with Gasteiger partial charge in [-0.25, -0.2) is 0 Å². The zero-order valence-electron chi connectivity index (χ0n) is 9.50. The highest BCUT2D eigenvalue weighted by molar-refractivity contribution is 4.85. The van der Waals surface area contributed by atoms with Gasteiger partial charge in [0.15, 0.2) is 0 Å². The molecule has 2 rings (SSSR count). The van der Waals surface area contributed by atoms with Gasteiger partial charge in [0.25, 0.3) is 0 Å². The van der Waals surface area contributed by atoms with Gasteiger partial charge in [-0.15, -0.1) is 0 Å². The number of likely N-dealkylation sites (N-methyl/N-ethyl adjacent to an activating group) is 1. The van der Waals surface area contributed by atoms with Gasteiger partial charge in [-0.05, 0) is 45.4 Å². The summed E-state index contributed by atoms with van der Waals surface area (Å²) in [6.07, 6.45) is 1.46. The van der Waals surface area contributed by atoms with Crippen molar-refractivity contribution in [1.82, 2.24) is 15.1 Å². The predicted octanol–water partition coefficient (Wildman–Crippen LogP) is 0.0893. The van der Waals surface area contributed by atoms with Crippen LogP contribution < -0.4 is 5.32 Å². The lowest BCUT2D eigenvalue weighted by Gasteiger charge is -2.42. The summed E-state index contributed by atoms with van der Waals surface area (Å²) < 4.78 is 0. The largest absolute Gasteiger partial charge is 0.316 e. The van der Waals surface area contributed by atoms with Crippen LogP contribution in [0.4, 0.5) is 0 Å². The van der Waals surface area contributed by atoms with Crippen LogP contribution in [0, 0.1) is 11.8 Å². The molecule has 0 radical (unpaired) electrons. The standard InChI is InChI=1S/C11H23N3/c1-13(2)3-4-14-8-10-5-11(9-14)7-12-6-10/h10-12H,3-9H2,1-2H3. The van der Waals surface area contributed by atoms with Crippen LogP contribution in [0.5, 0.6) is 0 Å². The van der Waals surface area contributed by atoms with Crippen molar-refractivity contribution < 1.29 is 0 Å². The van der Waals surface area contributed by atoms with Gasteiger partial charge in [-0.3, -0.25) is 0 Å². The molecule has 2 aliphatic rings. The van der Waals surface area contributed by atoms with E-state index in [4.69, 9.17) is 0 Å². The molecule has 2 aliphatic heterocycles. The molecule has 0 aromatic rings. The summed E-state index contributed by atoms with van der Waals surface area (Å²) in [7, 11) is 4.32. The molecule has 0 aromatic heterocycles. The lowest BCUT2D eigenvalue weighted by atomic mass is 9.86. The van der Waals surface area contributed by atoms with Crippen LogP contribution in [0.3, 0.4) is 0 Å². The number of rotatable bonds is 3. The van der Waals surface area contributed by atoms with Crippen molar-refractivity contribution in [1.29, 1.82) is 0 Å². The monoisotopic (exact) mass is 197 g/mol. The fourth-order valence-electron chi connectivity index (χ4n) is 2.74. The molecule has 0 aromatic carbocycles. The van der Waals surface area contributed by atoms with Crippen molar-refractivity contribution in [2.24, 2.45) is 11.8 Å². The van der Waals surface area contributed by atoms with E-state index < -0.39 is 0 Å². The fourth-order valence-corrected chi connectivity index (χ4v) is 2.74. The Kier molecular flexibility index (Phi) is 3.42. The second kappa shape index (κ2) is 4.60. The maximum atomic E-state index is 3.54. The van der Waals surface area contributed by atoms with Gasteiger partial charge in [-0.2, -0.15) is 0 Å². The summed E-state index contributed by atoms with van der Waals surface area (Å²) in [4.78, 5) is 4.93. The predicted molar refractivity (Wildman–Crippen MR) is 59.5 cm³/mol. The van der Waals surface area contributed by atoms with Crippen molar-refractivity contribution in [2.45, 2.75) is 6.42 Å². The SMILES string of the molecule is CN(C)CCN1CC2CNCC(C2)C1. The Balaban J connectivity index is 1.77. The third-order valence-electron chi connectivity index (χ3n) is 3.43. The summed E-state index contributed by atoms with van der Waals surface area (Å²) >= 11 is 0. The molecule has 2 unspecified atom stereocenters. The van der Waals surface area contributed by atoms with E-state index in [1.165, 1.54) is 45.7 Å². The third kappa shape index (κ3) is 2.69. The molecule has 2 bridgehead atoms. The smallest absolute Gasteiger partial charge is 0.0109 e. The number of nitrogens with one attached hydrogen (secondary N) is 1. The molecular formula is C11H23N3. The Morgan fingerprint density at radius 1 is 1.21 bits per heavy atom. The summed E-state index contributed by atoms with van der Waals surface area (Å²) in [5, 5.41) is 3.54. The van der Waals surface area contributed by atoms with Crippen molar-refractivity contribution in [2.75, 3.05) is 53.4 Å². The number of nitrogens with zero attached hydrogens (tertiary/aromatic N) is 2. The highest BCUT2D eigenvalue weighted by atomic mass is 15.2. The second-order valence-corrected chi connectivity index (χ2v) is 5.19. The van der Waals surface area contributed by atoms with E-state index in [2.05, 4.69) is 29.2 Å². The van der Waals surface area contributed by atoms with E-state index in [-0.39, 0.29) is 0 Å². The molecule has 2 atom stereocenters. The molecular weight excluding hydrogens is 174 g/mol. The van der Waals surface area contributed by atoms with Gasteiger partial charge < -0.3 is 15.1 Å². The quantitative estimate of drug-likeness (QED) is 0.692. The average Bonchev–Trinajstić information content (AvgIpc) is 2.14. The Morgan fingerprint density at radius 2 is 1.86 bits per heavy atom. The van der Waals surface area contributed by atoms with E-state index >= 15 is 0 Å². The minimum Gasteiger partial charge on any atom is -0.316 e. The minimum atomic E-state index is 0.921. The molecule has 2 fully saturated rings. The zero-order chi connectivity index (χ0) is 9.97.